The molecule has 1 amide bonds. The molecule has 1 aromatic heterocycles. The van der Waals surface area contributed by atoms with Crippen molar-refractivity contribution in [1.82, 2.24) is 10.3 Å². The van der Waals surface area contributed by atoms with Crippen LogP contribution >= 0.6 is 11.3 Å². The predicted molar refractivity (Wildman–Crippen MR) is 153 cm³/mol. The van der Waals surface area contributed by atoms with Crippen molar-refractivity contribution in [3.8, 4) is 0 Å². The summed E-state index contributed by atoms with van der Waals surface area (Å²) < 4.78 is 7.05. The molecule has 1 aliphatic rings. The Morgan fingerprint density at radius 2 is 1.54 bits per heavy atom. The van der Waals surface area contributed by atoms with E-state index >= 15 is 0 Å². The summed E-state index contributed by atoms with van der Waals surface area (Å²) in [5.41, 5.74) is 1.61. The molecule has 2 heterocycles. The molecule has 3 aromatic carbocycles. The molecule has 1 saturated heterocycles. The molecule has 0 bridgehead atoms. The fraction of sp³-hybridized carbons (Fsp3) is 0.267. The lowest BCUT2D eigenvalue weighted by molar-refractivity contribution is 0.00495. The van der Waals surface area contributed by atoms with Crippen molar-refractivity contribution in [2.75, 3.05) is 11.4 Å². The van der Waals surface area contributed by atoms with Crippen LogP contribution in [-0.2, 0) is 11.0 Å². The van der Waals surface area contributed by atoms with Gasteiger partial charge in [0.15, 0.2) is 5.13 Å². The summed E-state index contributed by atoms with van der Waals surface area (Å²) >= 11 is 1.61. The summed E-state index contributed by atoms with van der Waals surface area (Å²) in [7, 11) is -1.46. The van der Waals surface area contributed by atoms with Crippen LogP contribution < -0.4 is 20.6 Å². The van der Waals surface area contributed by atoms with Crippen molar-refractivity contribution in [3.05, 3.63) is 108 Å². The van der Waals surface area contributed by atoms with Crippen LogP contribution in [0.4, 0.5) is 5.13 Å². The van der Waals surface area contributed by atoms with Crippen LogP contribution in [0.3, 0.4) is 0 Å². The molecule has 2 atom stereocenters. The van der Waals surface area contributed by atoms with Gasteiger partial charge in [0.2, 0.25) is 0 Å². The molecular formula is C30H32N3O2SSi. The van der Waals surface area contributed by atoms with Crippen LogP contribution in [0.15, 0.2) is 96.4 Å². The van der Waals surface area contributed by atoms with E-state index in [2.05, 4.69) is 91.7 Å². The van der Waals surface area contributed by atoms with Crippen molar-refractivity contribution in [3.63, 3.8) is 0 Å². The van der Waals surface area contributed by atoms with E-state index in [-0.39, 0.29) is 17.6 Å². The van der Waals surface area contributed by atoms with Gasteiger partial charge in [-0.3, -0.25) is 4.79 Å². The van der Waals surface area contributed by atoms with E-state index in [4.69, 9.17) is 9.41 Å². The molecule has 0 saturated carbocycles. The minimum atomic E-state index is -1.46. The number of rotatable bonds is 8. The van der Waals surface area contributed by atoms with Gasteiger partial charge in [-0.05, 0) is 27.9 Å². The molecule has 1 fully saturated rings. The Hall–Kier alpha value is -3.26. The minimum absolute atomic E-state index is 0.0628. The van der Waals surface area contributed by atoms with Crippen LogP contribution in [0, 0.1) is 11.3 Å². The van der Waals surface area contributed by atoms with Gasteiger partial charge in [0, 0.05) is 23.4 Å². The standard InChI is InChI=1S/C30H32N3O2SSi/c1-30(2,3)26-20-33(29-32-23(21-36-29)19-31-27(34)22-13-7-4-8-14-22)28(26)35-37(24-15-9-5-10-16-24)25-17-11-6-12-18-25/h4-18,21,26,28H,19-20H2,1-3H3,(H,31,34). The van der Waals surface area contributed by atoms with Crippen LogP contribution in [-0.4, -0.2) is 32.7 Å². The van der Waals surface area contributed by atoms with Crippen molar-refractivity contribution in [1.29, 1.82) is 0 Å². The van der Waals surface area contributed by atoms with Gasteiger partial charge in [-0.15, -0.1) is 11.3 Å². The van der Waals surface area contributed by atoms with Gasteiger partial charge in [-0.2, -0.15) is 0 Å². The van der Waals surface area contributed by atoms with Gasteiger partial charge in [-0.25, -0.2) is 4.98 Å². The van der Waals surface area contributed by atoms with Gasteiger partial charge < -0.3 is 14.6 Å². The molecule has 7 heteroatoms. The molecule has 1 radical (unpaired) electrons. The van der Waals surface area contributed by atoms with Crippen molar-refractivity contribution < 1.29 is 9.22 Å². The molecular weight excluding hydrogens is 495 g/mol. The highest BCUT2D eigenvalue weighted by molar-refractivity contribution is 7.13. The van der Waals surface area contributed by atoms with Gasteiger partial charge in [0.25, 0.3) is 14.9 Å². The highest BCUT2D eigenvalue weighted by atomic mass is 32.1. The molecule has 1 N–H and O–H groups in total. The van der Waals surface area contributed by atoms with E-state index in [1.165, 1.54) is 10.4 Å². The maximum atomic E-state index is 12.5. The Morgan fingerprint density at radius 1 is 0.973 bits per heavy atom. The topological polar surface area (TPSA) is 54.5 Å². The first-order chi connectivity index (χ1) is 17.9. The van der Waals surface area contributed by atoms with E-state index in [1.807, 2.05) is 35.7 Å². The highest BCUT2D eigenvalue weighted by Gasteiger charge is 2.48. The average molecular weight is 527 g/mol. The fourth-order valence-electron chi connectivity index (χ4n) is 4.49. The maximum Gasteiger partial charge on any atom is 0.285 e. The predicted octanol–water partition coefficient (Wildman–Crippen LogP) is 4.70. The SMILES string of the molecule is CC(C)(C)C1CN(c2nc(CNC(=O)c3ccccc3)cs2)C1O[Si](c1ccccc1)c1ccccc1. The number of carbonyl (C=O) groups excluding carboxylic acids is 1. The Balaban J connectivity index is 1.35. The monoisotopic (exact) mass is 526 g/mol. The zero-order valence-electron chi connectivity index (χ0n) is 21.4. The van der Waals surface area contributed by atoms with Gasteiger partial charge >= 0.3 is 0 Å². The van der Waals surface area contributed by atoms with Crippen molar-refractivity contribution >= 4 is 41.8 Å². The first kappa shape index (κ1) is 25.4. The largest absolute Gasteiger partial charge is 0.387 e. The van der Waals surface area contributed by atoms with Crippen molar-refractivity contribution in [2.24, 2.45) is 11.3 Å². The third-order valence-electron chi connectivity index (χ3n) is 6.72. The fourth-order valence-corrected chi connectivity index (χ4v) is 7.48. The van der Waals surface area contributed by atoms with Crippen LogP contribution in [0.1, 0.15) is 36.8 Å². The van der Waals surface area contributed by atoms with Crippen LogP contribution in [0.5, 0.6) is 0 Å². The second-order valence-corrected chi connectivity index (χ2v) is 13.2. The van der Waals surface area contributed by atoms with Crippen LogP contribution in [0.25, 0.3) is 0 Å². The summed E-state index contributed by atoms with van der Waals surface area (Å²) in [6.07, 6.45) is -0.0628. The van der Waals surface area contributed by atoms with Crippen LogP contribution in [0.2, 0.25) is 0 Å². The molecule has 1 aliphatic heterocycles. The minimum Gasteiger partial charge on any atom is -0.387 e. The quantitative estimate of drug-likeness (QED) is 0.338. The Morgan fingerprint density at radius 3 is 2.11 bits per heavy atom. The van der Waals surface area contributed by atoms with E-state index in [9.17, 15) is 4.79 Å². The summed E-state index contributed by atoms with van der Waals surface area (Å²) in [5, 5.41) is 8.43. The number of benzene rings is 3. The Bertz CT molecular complexity index is 1270. The molecule has 37 heavy (non-hydrogen) atoms. The lowest BCUT2D eigenvalue weighted by atomic mass is 9.74. The van der Waals surface area contributed by atoms with E-state index in [0.717, 1.165) is 17.4 Å². The second-order valence-electron chi connectivity index (χ2n) is 10.4. The molecule has 2 unspecified atom stereocenters. The van der Waals surface area contributed by atoms with Gasteiger partial charge in [-0.1, -0.05) is 99.6 Å². The summed E-state index contributed by atoms with van der Waals surface area (Å²) in [6, 6.07) is 30.4. The average Bonchev–Trinajstić information content (AvgIpc) is 3.36. The zero-order chi connectivity index (χ0) is 25.8. The Kier molecular flexibility index (Phi) is 7.55. The first-order valence-electron chi connectivity index (χ1n) is 12.6. The molecule has 5 nitrogen and oxygen atoms in total. The molecule has 0 aliphatic carbocycles. The second kappa shape index (κ2) is 11.0. The lowest BCUT2D eigenvalue weighted by Gasteiger charge is -2.53. The summed E-state index contributed by atoms with van der Waals surface area (Å²) in [6.45, 7) is 8.16. The normalized spacial score (nSPS) is 17.5. The highest BCUT2D eigenvalue weighted by Crippen LogP contribution is 2.43. The third-order valence-corrected chi connectivity index (χ3v) is 9.84. The molecule has 4 aromatic rings. The van der Waals surface area contributed by atoms with E-state index < -0.39 is 9.04 Å². The van der Waals surface area contributed by atoms with Gasteiger partial charge in [0.1, 0.15) is 6.23 Å². The number of aromatic nitrogens is 1. The van der Waals surface area contributed by atoms with Crippen molar-refractivity contribution in [2.45, 2.75) is 33.5 Å². The lowest BCUT2D eigenvalue weighted by Crippen LogP contribution is -2.65. The van der Waals surface area contributed by atoms with Gasteiger partial charge in [0.05, 0.1) is 12.2 Å². The number of carbonyl (C=O) groups is 1. The van der Waals surface area contributed by atoms with E-state index in [0.29, 0.717) is 18.0 Å². The molecule has 5 rings (SSSR count). The van der Waals surface area contributed by atoms with E-state index in [1.54, 1.807) is 11.3 Å². The Labute approximate surface area is 224 Å². The number of hydrogen-bond donors (Lipinski definition) is 1. The zero-order valence-corrected chi connectivity index (χ0v) is 23.2. The number of thiazole rings is 1. The number of nitrogens with one attached hydrogen (secondary N) is 1. The third kappa shape index (κ3) is 5.85. The maximum absolute atomic E-state index is 12.5. The first-order valence-corrected chi connectivity index (χ1v) is 14.9. The molecule has 0 spiro atoms. The summed E-state index contributed by atoms with van der Waals surface area (Å²) in [5.74, 6) is 0.288. The number of amides is 1. The smallest absolute Gasteiger partial charge is 0.285 e. The summed E-state index contributed by atoms with van der Waals surface area (Å²) in [4.78, 5) is 19.6. The molecule has 189 valence electrons. The number of nitrogens with zero attached hydrogens (tertiary/aromatic N) is 2. The number of hydrogen-bond acceptors (Lipinski definition) is 5. The number of anilines is 1.